The van der Waals surface area contributed by atoms with Crippen LogP contribution in [-0.2, 0) is 0 Å². The second-order valence-corrected chi connectivity index (χ2v) is 13.3. The van der Waals surface area contributed by atoms with Gasteiger partial charge in [-0.2, -0.15) is 0 Å². The zero-order valence-electron chi connectivity index (χ0n) is 16.5. The minimum atomic E-state index is 0.344. The maximum atomic E-state index is 2.41. The molecule has 0 saturated heterocycles. The first-order valence-corrected chi connectivity index (χ1v) is 10.7. The minimum absolute atomic E-state index is 0.344. The van der Waals surface area contributed by atoms with Gasteiger partial charge in [-0.25, -0.2) is 0 Å². The van der Waals surface area contributed by atoms with Crippen LogP contribution in [0.25, 0.3) is 0 Å². The molecular formula is C19H40S2. The molecule has 0 spiro atoms. The minimum Gasteiger partial charge on any atom is -0.0931 e. The van der Waals surface area contributed by atoms with Crippen LogP contribution in [0.2, 0.25) is 0 Å². The standard InChI is InChI=1S/C19H40S2/c1-15(2)18(8,9)13-19(10,11)21-20-14-17(6,7)12-16(3,4)5/h15H,12-14H2,1-11H3. The monoisotopic (exact) mass is 332 g/mol. The molecule has 0 radical (unpaired) electrons. The van der Waals surface area contributed by atoms with Crippen molar-refractivity contribution in [2.75, 3.05) is 5.75 Å². The summed E-state index contributed by atoms with van der Waals surface area (Å²) in [4.78, 5) is 0. The lowest BCUT2D eigenvalue weighted by molar-refractivity contribution is 0.210. The Labute approximate surface area is 143 Å². The fourth-order valence-corrected chi connectivity index (χ4v) is 6.66. The molecule has 0 aromatic heterocycles. The molecule has 0 amide bonds. The SMILES string of the molecule is CC(C)C(C)(C)CC(C)(C)SSCC(C)(C)CC(C)(C)C. The molecule has 0 aliphatic carbocycles. The van der Waals surface area contributed by atoms with E-state index in [4.69, 9.17) is 0 Å². The molecule has 0 rings (SSSR count). The van der Waals surface area contributed by atoms with E-state index in [2.05, 4.69) is 97.7 Å². The van der Waals surface area contributed by atoms with Crippen molar-refractivity contribution in [3.05, 3.63) is 0 Å². The molecule has 0 unspecified atom stereocenters. The first kappa shape index (κ1) is 21.7. The third kappa shape index (κ3) is 10.2. The van der Waals surface area contributed by atoms with Gasteiger partial charge in [-0.1, -0.05) is 83.9 Å². The maximum Gasteiger partial charge on any atom is 0.0212 e. The van der Waals surface area contributed by atoms with Crippen LogP contribution in [0.1, 0.15) is 89.0 Å². The summed E-state index contributed by atoms with van der Waals surface area (Å²) >= 11 is 0. The molecule has 0 aromatic carbocycles. The molecule has 0 aliphatic rings. The highest BCUT2D eigenvalue weighted by atomic mass is 33.1. The largest absolute Gasteiger partial charge is 0.0931 e. The van der Waals surface area contributed by atoms with Gasteiger partial charge in [0.2, 0.25) is 0 Å². The smallest absolute Gasteiger partial charge is 0.0212 e. The molecular weight excluding hydrogens is 292 g/mol. The molecule has 0 fully saturated rings. The van der Waals surface area contributed by atoms with Crippen LogP contribution < -0.4 is 0 Å². The topological polar surface area (TPSA) is 0 Å². The Morgan fingerprint density at radius 3 is 1.62 bits per heavy atom. The molecule has 128 valence electrons. The summed E-state index contributed by atoms with van der Waals surface area (Å²) in [6.07, 6.45) is 2.56. The quantitative estimate of drug-likeness (QED) is 0.418. The Balaban J connectivity index is 4.39. The molecule has 0 aliphatic heterocycles. The van der Waals surface area contributed by atoms with Crippen molar-refractivity contribution in [1.29, 1.82) is 0 Å². The van der Waals surface area contributed by atoms with E-state index in [1.807, 2.05) is 0 Å². The van der Waals surface area contributed by atoms with Gasteiger partial charge in [-0.15, -0.1) is 0 Å². The van der Waals surface area contributed by atoms with Crippen LogP contribution in [0, 0.1) is 22.2 Å². The van der Waals surface area contributed by atoms with E-state index in [-0.39, 0.29) is 0 Å². The zero-order valence-corrected chi connectivity index (χ0v) is 18.1. The van der Waals surface area contributed by atoms with Crippen molar-refractivity contribution in [2.45, 2.75) is 93.7 Å². The average molecular weight is 333 g/mol. The van der Waals surface area contributed by atoms with Gasteiger partial charge < -0.3 is 0 Å². The van der Waals surface area contributed by atoms with E-state index in [9.17, 15) is 0 Å². The van der Waals surface area contributed by atoms with E-state index >= 15 is 0 Å². The Morgan fingerprint density at radius 1 is 0.762 bits per heavy atom. The van der Waals surface area contributed by atoms with Crippen LogP contribution in [0.5, 0.6) is 0 Å². The molecule has 2 heteroatoms. The zero-order chi connectivity index (χ0) is 17.1. The predicted molar refractivity (Wildman–Crippen MR) is 105 cm³/mol. The highest BCUT2D eigenvalue weighted by molar-refractivity contribution is 8.77. The van der Waals surface area contributed by atoms with Crippen LogP contribution >= 0.6 is 21.6 Å². The van der Waals surface area contributed by atoms with Crippen LogP contribution in [0.4, 0.5) is 0 Å². The lowest BCUT2D eigenvalue weighted by Crippen LogP contribution is -2.29. The van der Waals surface area contributed by atoms with Crippen molar-refractivity contribution in [2.24, 2.45) is 22.2 Å². The Morgan fingerprint density at radius 2 is 1.24 bits per heavy atom. The summed E-state index contributed by atoms with van der Waals surface area (Å²) in [5.41, 5.74) is 1.25. The molecule has 0 bridgehead atoms. The Hall–Kier alpha value is 0.700. The second kappa shape index (κ2) is 7.51. The van der Waals surface area contributed by atoms with Gasteiger partial charge in [0.25, 0.3) is 0 Å². The first-order chi connectivity index (χ1) is 9.06. The van der Waals surface area contributed by atoms with E-state index in [0.717, 1.165) is 5.92 Å². The summed E-state index contributed by atoms with van der Waals surface area (Å²) < 4.78 is 0.344. The highest BCUT2D eigenvalue weighted by Gasteiger charge is 2.33. The fourth-order valence-electron chi connectivity index (χ4n) is 3.17. The highest BCUT2D eigenvalue weighted by Crippen LogP contribution is 2.48. The lowest BCUT2D eigenvalue weighted by atomic mass is 9.75. The van der Waals surface area contributed by atoms with Gasteiger partial charge in [-0.05, 0) is 48.9 Å². The van der Waals surface area contributed by atoms with Crippen molar-refractivity contribution < 1.29 is 0 Å². The number of rotatable bonds is 8. The van der Waals surface area contributed by atoms with Gasteiger partial charge in [0.05, 0.1) is 0 Å². The molecule has 0 N–H and O–H groups in total. The summed E-state index contributed by atoms with van der Waals surface area (Å²) in [6.45, 7) is 26.2. The third-order valence-electron chi connectivity index (χ3n) is 4.19. The molecule has 0 heterocycles. The van der Waals surface area contributed by atoms with Crippen LogP contribution in [0.15, 0.2) is 0 Å². The summed E-state index contributed by atoms with van der Waals surface area (Å²) in [5, 5.41) is 0. The number of hydrogen-bond donors (Lipinski definition) is 0. The first-order valence-electron chi connectivity index (χ1n) is 8.37. The normalized spacial score (nSPS) is 14.9. The number of hydrogen-bond acceptors (Lipinski definition) is 2. The fraction of sp³-hybridized carbons (Fsp3) is 1.00. The van der Waals surface area contributed by atoms with Crippen molar-refractivity contribution in [1.82, 2.24) is 0 Å². The predicted octanol–water partition coefficient (Wildman–Crippen LogP) is 7.68. The van der Waals surface area contributed by atoms with Crippen LogP contribution in [-0.4, -0.2) is 10.5 Å². The van der Waals surface area contributed by atoms with Gasteiger partial charge >= 0.3 is 0 Å². The molecule has 21 heavy (non-hydrogen) atoms. The van der Waals surface area contributed by atoms with E-state index in [1.54, 1.807) is 0 Å². The van der Waals surface area contributed by atoms with Crippen molar-refractivity contribution in [3.8, 4) is 0 Å². The molecule has 0 atom stereocenters. The third-order valence-corrected chi connectivity index (χ3v) is 7.86. The van der Waals surface area contributed by atoms with E-state index in [1.165, 1.54) is 18.6 Å². The van der Waals surface area contributed by atoms with Crippen molar-refractivity contribution >= 4 is 21.6 Å². The summed E-state index contributed by atoms with van der Waals surface area (Å²) in [6, 6.07) is 0. The van der Waals surface area contributed by atoms with Gasteiger partial charge in [0, 0.05) is 10.5 Å². The van der Waals surface area contributed by atoms with E-state index in [0.29, 0.717) is 21.0 Å². The molecule has 0 saturated carbocycles. The van der Waals surface area contributed by atoms with Gasteiger partial charge in [-0.3, -0.25) is 0 Å². The lowest BCUT2D eigenvalue weighted by Gasteiger charge is -2.38. The summed E-state index contributed by atoms with van der Waals surface area (Å²) in [5.74, 6) is 1.97. The van der Waals surface area contributed by atoms with Gasteiger partial charge in [0.1, 0.15) is 0 Å². The molecule has 0 nitrogen and oxygen atoms in total. The Bertz CT molecular complexity index is 306. The second-order valence-electron chi connectivity index (χ2n) is 10.3. The Kier molecular flexibility index (Phi) is 7.76. The van der Waals surface area contributed by atoms with Crippen LogP contribution in [0.3, 0.4) is 0 Å². The van der Waals surface area contributed by atoms with Gasteiger partial charge in [0.15, 0.2) is 0 Å². The average Bonchev–Trinajstić information content (AvgIpc) is 2.09. The van der Waals surface area contributed by atoms with Crippen molar-refractivity contribution in [3.63, 3.8) is 0 Å². The van der Waals surface area contributed by atoms with E-state index < -0.39 is 0 Å². The summed E-state index contributed by atoms with van der Waals surface area (Å²) in [7, 11) is 4.17. The molecule has 0 aromatic rings. The maximum absolute atomic E-state index is 2.41.